The Morgan fingerprint density at radius 2 is 1.85 bits per heavy atom. The van der Waals surface area contributed by atoms with Gasteiger partial charge in [0.25, 0.3) is 0 Å². The fourth-order valence-electron chi connectivity index (χ4n) is 1.08. The average Bonchev–Trinajstić information content (AvgIpc) is 2.17. The average molecular weight is 177 g/mol. The molecular formula is C11H13O2. The largest absolute Gasteiger partial charge is 0.496 e. The minimum atomic E-state index is 0.691. The summed E-state index contributed by atoms with van der Waals surface area (Å²) < 4.78 is 10.1. The van der Waals surface area contributed by atoms with Gasteiger partial charge in [0.15, 0.2) is 0 Å². The van der Waals surface area contributed by atoms with Crippen molar-refractivity contribution in [2.45, 2.75) is 6.42 Å². The number of benzene rings is 1. The molecule has 0 fully saturated rings. The van der Waals surface area contributed by atoms with Crippen molar-refractivity contribution in [3.63, 3.8) is 0 Å². The predicted octanol–water partition coefficient (Wildman–Crippen LogP) is 2.23. The van der Waals surface area contributed by atoms with Crippen LogP contribution in [0.5, 0.6) is 11.5 Å². The monoisotopic (exact) mass is 177 g/mol. The first kappa shape index (κ1) is 9.65. The molecule has 0 amide bonds. The third-order valence-electron chi connectivity index (χ3n) is 1.70. The number of methoxy groups -OCH3 is 2. The highest BCUT2D eigenvalue weighted by atomic mass is 16.5. The molecule has 0 saturated carbocycles. The molecular weight excluding hydrogens is 164 g/mol. The molecule has 0 spiro atoms. The van der Waals surface area contributed by atoms with E-state index in [1.54, 1.807) is 14.2 Å². The summed E-state index contributed by atoms with van der Waals surface area (Å²) in [7, 11) is 3.23. The summed E-state index contributed by atoms with van der Waals surface area (Å²) in [5.41, 5.74) is 1.11. The fourth-order valence-corrected chi connectivity index (χ4v) is 1.08. The molecule has 0 aromatic heterocycles. The summed E-state index contributed by atoms with van der Waals surface area (Å²) in [6.07, 6.45) is 2.65. The lowest BCUT2D eigenvalue weighted by molar-refractivity contribution is 0.392. The molecule has 2 nitrogen and oxygen atoms in total. The Kier molecular flexibility index (Phi) is 3.38. The van der Waals surface area contributed by atoms with Crippen LogP contribution in [0.4, 0.5) is 0 Å². The Bertz CT molecular complexity index is 270. The molecule has 0 saturated heterocycles. The van der Waals surface area contributed by atoms with E-state index in [1.165, 1.54) is 0 Å². The lowest BCUT2D eigenvalue weighted by atomic mass is 10.1. The molecule has 0 atom stereocenters. The van der Waals surface area contributed by atoms with E-state index in [-0.39, 0.29) is 0 Å². The van der Waals surface area contributed by atoms with Crippen LogP contribution in [0.1, 0.15) is 5.56 Å². The van der Waals surface area contributed by atoms with E-state index >= 15 is 0 Å². The van der Waals surface area contributed by atoms with Crippen molar-refractivity contribution in [3.05, 3.63) is 36.4 Å². The number of allylic oxidation sites excluding steroid dienone is 1. The van der Waals surface area contributed by atoms with E-state index in [0.717, 1.165) is 12.0 Å². The van der Waals surface area contributed by atoms with E-state index in [2.05, 4.69) is 12.6 Å². The molecule has 1 aromatic carbocycles. The van der Waals surface area contributed by atoms with Gasteiger partial charge in [-0.3, -0.25) is 0 Å². The van der Waals surface area contributed by atoms with Gasteiger partial charge >= 0.3 is 0 Å². The van der Waals surface area contributed by atoms with Crippen molar-refractivity contribution in [2.24, 2.45) is 0 Å². The molecule has 1 radical (unpaired) electrons. The molecule has 1 rings (SSSR count). The van der Waals surface area contributed by atoms with E-state index in [9.17, 15) is 0 Å². The lowest BCUT2D eigenvalue weighted by Gasteiger charge is -2.05. The van der Waals surface area contributed by atoms with Gasteiger partial charge in [-0.2, -0.15) is 0 Å². The summed E-state index contributed by atoms with van der Waals surface area (Å²) in [6.45, 7) is 3.68. The molecule has 0 aliphatic rings. The predicted molar refractivity (Wildman–Crippen MR) is 52.3 cm³/mol. The second kappa shape index (κ2) is 4.55. The van der Waals surface area contributed by atoms with E-state index in [1.807, 2.05) is 18.2 Å². The van der Waals surface area contributed by atoms with Crippen molar-refractivity contribution in [3.8, 4) is 11.5 Å². The first-order valence-corrected chi connectivity index (χ1v) is 4.05. The van der Waals surface area contributed by atoms with Crippen LogP contribution in [0.25, 0.3) is 0 Å². The zero-order chi connectivity index (χ0) is 9.68. The van der Waals surface area contributed by atoms with Crippen LogP contribution in [0.3, 0.4) is 0 Å². The summed E-state index contributed by atoms with van der Waals surface area (Å²) in [6, 6.07) is 6.81. The van der Waals surface area contributed by atoms with Crippen molar-refractivity contribution < 1.29 is 9.47 Å². The third-order valence-corrected chi connectivity index (χ3v) is 1.70. The van der Waals surface area contributed by atoms with Gasteiger partial charge in [-0.05, 0) is 24.1 Å². The standard InChI is InChI=1S/C11H13O2/c1-4-5-9-6-10(12-2)8-11(7-9)13-3/h4,6-7H,1,5H2,2-3H3. The van der Waals surface area contributed by atoms with E-state index in [4.69, 9.17) is 9.47 Å². The highest BCUT2D eigenvalue weighted by molar-refractivity contribution is 5.37. The van der Waals surface area contributed by atoms with Gasteiger partial charge in [0.2, 0.25) is 0 Å². The van der Waals surface area contributed by atoms with Crippen molar-refractivity contribution in [2.75, 3.05) is 14.2 Å². The van der Waals surface area contributed by atoms with Crippen LogP contribution in [0, 0.1) is 6.07 Å². The number of hydrogen-bond acceptors (Lipinski definition) is 2. The molecule has 0 bridgehead atoms. The van der Waals surface area contributed by atoms with Crippen molar-refractivity contribution in [1.82, 2.24) is 0 Å². The van der Waals surface area contributed by atoms with Gasteiger partial charge < -0.3 is 9.47 Å². The zero-order valence-electron chi connectivity index (χ0n) is 7.96. The fraction of sp³-hybridized carbons (Fsp3) is 0.273. The maximum Gasteiger partial charge on any atom is 0.130 e. The number of hydrogen-bond donors (Lipinski definition) is 0. The zero-order valence-corrected chi connectivity index (χ0v) is 7.96. The van der Waals surface area contributed by atoms with Gasteiger partial charge in [-0.1, -0.05) is 6.08 Å². The molecule has 1 aromatic rings. The molecule has 2 heteroatoms. The first-order valence-electron chi connectivity index (χ1n) is 4.05. The quantitative estimate of drug-likeness (QED) is 0.656. The molecule has 0 unspecified atom stereocenters. The number of ether oxygens (including phenoxy) is 2. The molecule has 0 aliphatic carbocycles. The summed E-state index contributed by atoms with van der Waals surface area (Å²) in [5, 5.41) is 0. The van der Waals surface area contributed by atoms with Crippen molar-refractivity contribution in [1.29, 1.82) is 0 Å². The summed E-state index contributed by atoms with van der Waals surface area (Å²) in [5.74, 6) is 1.38. The normalized spacial score (nSPS) is 9.38. The minimum absolute atomic E-state index is 0.691. The van der Waals surface area contributed by atoms with Gasteiger partial charge in [0.1, 0.15) is 11.5 Å². The Labute approximate surface area is 78.8 Å². The van der Waals surface area contributed by atoms with E-state index in [0.29, 0.717) is 11.5 Å². The lowest BCUT2D eigenvalue weighted by Crippen LogP contribution is -1.90. The molecule has 0 N–H and O–H groups in total. The van der Waals surface area contributed by atoms with Gasteiger partial charge in [-0.25, -0.2) is 0 Å². The van der Waals surface area contributed by atoms with Crippen LogP contribution in [-0.4, -0.2) is 14.2 Å². The van der Waals surface area contributed by atoms with Crippen LogP contribution in [0.15, 0.2) is 24.8 Å². The third kappa shape index (κ3) is 2.51. The Morgan fingerprint density at radius 1 is 1.31 bits per heavy atom. The summed E-state index contributed by atoms with van der Waals surface area (Å²) >= 11 is 0. The van der Waals surface area contributed by atoms with E-state index < -0.39 is 0 Å². The maximum absolute atomic E-state index is 5.07. The minimum Gasteiger partial charge on any atom is -0.496 e. The molecule has 0 aliphatic heterocycles. The van der Waals surface area contributed by atoms with Crippen LogP contribution < -0.4 is 9.47 Å². The van der Waals surface area contributed by atoms with Crippen LogP contribution in [-0.2, 0) is 6.42 Å². The van der Waals surface area contributed by atoms with Crippen LogP contribution in [0.2, 0.25) is 0 Å². The summed E-state index contributed by atoms with van der Waals surface area (Å²) in [4.78, 5) is 0. The van der Waals surface area contributed by atoms with Crippen molar-refractivity contribution >= 4 is 0 Å². The number of rotatable bonds is 4. The topological polar surface area (TPSA) is 18.5 Å². The van der Waals surface area contributed by atoms with Gasteiger partial charge in [0, 0.05) is 0 Å². The Hall–Kier alpha value is -1.44. The Morgan fingerprint density at radius 3 is 2.23 bits per heavy atom. The second-order valence-electron chi connectivity index (χ2n) is 2.62. The smallest absolute Gasteiger partial charge is 0.130 e. The second-order valence-corrected chi connectivity index (χ2v) is 2.62. The van der Waals surface area contributed by atoms with Crippen LogP contribution >= 0.6 is 0 Å². The highest BCUT2D eigenvalue weighted by Gasteiger charge is 2.00. The molecule has 0 heterocycles. The maximum atomic E-state index is 5.07. The molecule has 13 heavy (non-hydrogen) atoms. The van der Waals surface area contributed by atoms with Gasteiger partial charge in [0.05, 0.1) is 20.3 Å². The van der Waals surface area contributed by atoms with Gasteiger partial charge in [-0.15, -0.1) is 6.58 Å². The Balaban J connectivity index is 2.99. The first-order chi connectivity index (χ1) is 6.30. The molecule has 69 valence electrons. The SMILES string of the molecule is C=CCc1cc(OC)[c]c(OC)c1. The highest BCUT2D eigenvalue weighted by Crippen LogP contribution is 2.21.